The van der Waals surface area contributed by atoms with E-state index >= 15 is 0 Å². The molecule has 23 heavy (non-hydrogen) atoms. The van der Waals surface area contributed by atoms with Crippen molar-refractivity contribution in [3.63, 3.8) is 0 Å². The minimum Gasteiger partial charge on any atom is -0.480 e. The van der Waals surface area contributed by atoms with E-state index in [2.05, 4.69) is 0 Å². The number of ether oxygens (including phenoxy) is 1. The van der Waals surface area contributed by atoms with Gasteiger partial charge in [-0.3, -0.25) is 24.1 Å². The molecular weight excluding hydrogens is 302 g/mol. The number of nitrogens with zero attached hydrogens (tertiary/aromatic N) is 1. The molecule has 0 aromatic heterocycles. The normalized spacial score (nSPS) is 16.0. The molecule has 7 heteroatoms. The van der Waals surface area contributed by atoms with Gasteiger partial charge >= 0.3 is 11.9 Å². The Balaban J connectivity index is 2.17. The van der Waals surface area contributed by atoms with E-state index in [0.29, 0.717) is 0 Å². The first-order chi connectivity index (χ1) is 10.8. The Kier molecular flexibility index (Phi) is 4.49. The van der Waals surface area contributed by atoms with E-state index in [9.17, 15) is 24.3 Å². The summed E-state index contributed by atoms with van der Waals surface area (Å²) in [4.78, 5) is 48.8. The summed E-state index contributed by atoms with van der Waals surface area (Å²) in [6.45, 7) is 2.68. The van der Waals surface area contributed by atoms with Crippen LogP contribution in [0.5, 0.6) is 0 Å². The van der Waals surface area contributed by atoms with Crippen LogP contribution in [0.15, 0.2) is 24.3 Å². The number of carboxylic acid groups (broad SMARTS) is 1. The maximum absolute atomic E-state index is 12.2. The smallest absolute Gasteiger partial charge is 0.323 e. The summed E-state index contributed by atoms with van der Waals surface area (Å²) in [6.07, 6.45) is -0.216. The fourth-order valence-corrected chi connectivity index (χ4v) is 2.36. The van der Waals surface area contributed by atoms with E-state index in [1.165, 1.54) is 19.1 Å². The van der Waals surface area contributed by atoms with Gasteiger partial charge < -0.3 is 9.84 Å². The van der Waals surface area contributed by atoms with Crippen molar-refractivity contribution in [1.29, 1.82) is 0 Å². The number of carboxylic acids is 1. The Bertz CT molecular complexity index is 648. The number of imide groups is 1. The number of hydrogen-bond donors (Lipinski definition) is 1. The third-order valence-electron chi connectivity index (χ3n) is 3.91. The lowest BCUT2D eigenvalue weighted by molar-refractivity contribution is -0.167. The Morgan fingerprint density at radius 2 is 1.70 bits per heavy atom. The summed E-state index contributed by atoms with van der Waals surface area (Å²) in [5.74, 6) is -3.21. The molecule has 1 aliphatic heterocycles. The van der Waals surface area contributed by atoms with Crippen molar-refractivity contribution in [3.05, 3.63) is 35.4 Å². The maximum Gasteiger partial charge on any atom is 0.323 e. The topological polar surface area (TPSA) is 101 Å². The van der Waals surface area contributed by atoms with Crippen molar-refractivity contribution in [2.24, 2.45) is 5.41 Å². The first kappa shape index (κ1) is 16.7. The molecule has 0 spiro atoms. The van der Waals surface area contributed by atoms with Gasteiger partial charge in [0.2, 0.25) is 0 Å². The molecule has 0 bridgehead atoms. The number of hydrogen-bond acceptors (Lipinski definition) is 5. The van der Waals surface area contributed by atoms with Gasteiger partial charge in [0.1, 0.15) is 0 Å². The predicted molar refractivity (Wildman–Crippen MR) is 78.8 cm³/mol. The number of fused-ring (bicyclic) bond motifs is 1. The van der Waals surface area contributed by atoms with E-state index in [1.807, 2.05) is 0 Å². The molecule has 1 aromatic rings. The van der Waals surface area contributed by atoms with Crippen molar-refractivity contribution in [3.8, 4) is 0 Å². The summed E-state index contributed by atoms with van der Waals surface area (Å²) in [6, 6.07) is 6.37. The van der Waals surface area contributed by atoms with Crippen LogP contribution in [0.25, 0.3) is 0 Å². The molecule has 1 N–H and O–H groups in total. The molecule has 7 nitrogen and oxygen atoms in total. The third kappa shape index (κ3) is 2.81. The maximum atomic E-state index is 12.2. The second kappa shape index (κ2) is 6.20. The van der Waals surface area contributed by atoms with Crippen LogP contribution in [0.2, 0.25) is 0 Å². The lowest BCUT2D eigenvalue weighted by atomic mass is 9.86. The van der Waals surface area contributed by atoms with Crippen LogP contribution in [0.3, 0.4) is 0 Å². The molecule has 1 aromatic carbocycles. The molecule has 2 amide bonds. The Labute approximate surface area is 132 Å². The van der Waals surface area contributed by atoms with E-state index in [-0.39, 0.29) is 30.7 Å². The van der Waals surface area contributed by atoms with Gasteiger partial charge in [0.25, 0.3) is 11.8 Å². The third-order valence-corrected chi connectivity index (χ3v) is 3.91. The number of carbonyl (C=O) groups is 4. The van der Waals surface area contributed by atoms with E-state index in [4.69, 9.17) is 4.74 Å². The Hall–Kier alpha value is -2.70. The van der Waals surface area contributed by atoms with E-state index < -0.39 is 29.2 Å². The zero-order valence-electron chi connectivity index (χ0n) is 12.9. The number of esters is 1. The molecule has 0 saturated carbocycles. The second-order valence-corrected chi connectivity index (χ2v) is 5.42. The van der Waals surface area contributed by atoms with Gasteiger partial charge in [0.05, 0.1) is 17.7 Å². The molecule has 0 aliphatic carbocycles. The van der Waals surface area contributed by atoms with Crippen LogP contribution >= 0.6 is 0 Å². The van der Waals surface area contributed by atoms with Gasteiger partial charge in [0, 0.05) is 6.54 Å². The van der Waals surface area contributed by atoms with Crippen molar-refractivity contribution in [1.82, 2.24) is 4.90 Å². The first-order valence-corrected chi connectivity index (χ1v) is 7.18. The molecule has 0 saturated heterocycles. The summed E-state index contributed by atoms with van der Waals surface area (Å²) in [5.41, 5.74) is -1.25. The predicted octanol–water partition coefficient (Wildman–Crippen LogP) is 1.33. The monoisotopic (exact) mass is 319 g/mol. The molecule has 2 rings (SSSR count). The van der Waals surface area contributed by atoms with Gasteiger partial charge in [-0.25, -0.2) is 0 Å². The van der Waals surface area contributed by atoms with Gasteiger partial charge in [-0.05, 0) is 32.4 Å². The van der Waals surface area contributed by atoms with Crippen LogP contribution in [0.1, 0.15) is 41.0 Å². The summed E-state index contributed by atoms with van der Waals surface area (Å²) in [7, 11) is 0. The molecule has 1 heterocycles. The fourth-order valence-electron chi connectivity index (χ4n) is 2.36. The van der Waals surface area contributed by atoms with E-state index in [0.717, 1.165) is 4.90 Å². The highest BCUT2D eigenvalue weighted by Crippen LogP contribution is 2.28. The number of amides is 2. The minimum absolute atomic E-state index is 0.0503. The van der Waals surface area contributed by atoms with Crippen molar-refractivity contribution < 1.29 is 29.0 Å². The van der Waals surface area contributed by atoms with Crippen molar-refractivity contribution >= 4 is 23.8 Å². The van der Waals surface area contributed by atoms with Crippen LogP contribution in [-0.4, -0.2) is 46.9 Å². The SMILES string of the molecule is CCOC(=O)[C@](C)(CCN1C(=O)c2ccccc2C1=O)C(=O)O. The second-order valence-electron chi connectivity index (χ2n) is 5.42. The molecule has 0 radical (unpaired) electrons. The quantitative estimate of drug-likeness (QED) is 0.482. The molecule has 0 unspecified atom stereocenters. The summed E-state index contributed by atoms with van der Waals surface area (Å²) < 4.78 is 4.79. The number of aliphatic carboxylic acids is 1. The standard InChI is InChI=1S/C16H17NO6/c1-3-23-15(22)16(2,14(20)21)8-9-17-12(18)10-6-4-5-7-11(10)13(17)19/h4-7H,3,8-9H2,1-2H3,(H,20,21)/t16-/m1/s1. The van der Waals surface area contributed by atoms with Crippen LogP contribution < -0.4 is 0 Å². The van der Waals surface area contributed by atoms with Crippen molar-refractivity contribution in [2.45, 2.75) is 20.3 Å². The Morgan fingerprint density at radius 3 is 2.13 bits per heavy atom. The fraction of sp³-hybridized carbons (Fsp3) is 0.375. The largest absolute Gasteiger partial charge is 0.480 e. The highest BCUT2D eigenvalue weighted by Gasteiger charge is 2.45. The number of carbonyl (C=O) groups excluding carboxylic acids is 3. The average molecular weight is 319 g/mol. The number of benzene rings is 1. The zero-order valence-corrected chi connectivity index (χ0v) is 12.9. The first-order valence-electron chi connectivity index (χ1n) is 7.18. The van der Waals surface area contributed by atoms with Gasteiger partial charge in [-0.15, -0.1) is 0 Å². The highest BCUT2D eigenvalue weighted by molar-refractivity contribution is 6.21. The highest BCUT2D eigenvalue weighted by atomic mass is 16.5. The van der Waals surface area contributed by atoms with Crippen LogP contribution in [0, 0.1) is 5.41 Å². The minimum atomic E-state index is -1.81. The zero-order chi connectivity index (χ0) is 17.2. The molecule has 0 fully saturated rings. The van der Waals surface area contributed by atoms with Crippen LogP contribution in [0.4, 0.5) is 0 Å². The molecule has 122 valence electrons. The van der Waals surface area contributed by atoms with E-state index in [1.54, 1.807) is 19.1 Å². The Morgan fingerprint density at radius 1 is 1.17 bits per heavy atom. The average Bonchev–Trinajstić information content (AvgIpc) is 2.77. The lowest BCUT2D eigenvalue weighted by Crippen LogP contribution is -2.42. The molecule has 1 aliphatic rings. The lowest BCUT2D eigenvalue weighted by Gasteiger charge is -2.24. The van der Waals surface area contributed by atoms with Gasteiger partial charge in [-0.1, -0.05) is 12.1 Å². The van der Waals surface area contributed by atoms with Crippen LogP contribution in [-0.2, 0) is 14.3 Å². The van der Waals surface area contributed by atoms with Gasteiger partial charge in [-0.2, -0.15) is 0 Å². The molecular formula is C16H17NO6. The summed E-state index contributed by atoms with van der Waals surface area (Å²) >= 11 is 0. The number of rotatable bonds is 6. The molecule has 1 atom stereocenters. The van der Waals surface area contributed by atoms with Gasteiger partial charge in [0.15, 0.2) is 5.41 Å². The van der Waals surface area contributed by atoms with Crippen molar-refractivity contribution in [2.75, 3.05) is 13.2 Å². The summed E-state index contributed by atoms with van der Waals surface area (Å²) in [5, 5.41) is 9.32.